The third-order valence-electron chi connectivity index (χ3n) is 3.63. The minimum absolute atomic E-state index is 0.282. The van der Waals surface area contributed by atoms with Gasteiger partial charge in [-0.3, -0.25) is 9.59 Å². The van der Waals surface area contributed by atoms with E-state index in [0.29, 0.717) is 37.7 Å². The zero-order valence-corrected chi connectivity index (χ0v) is 14.3. The van der Waals surface area contributed by atoms with Crippen molar-refractivity contribution >= 4 is 46.1 Å². The zero-order chi connectivity index (χ0) is 17.4. The van der Waals surface area contributed by atoms with Crippen LogP contribution in [0.5, 0.6) is 11.5 Å². The molecule has 0 spiro atoms. The number of fused-ring (bicyclic) bond motifs is 2. The van der Waals surface area contributed by atoms with Crippen molar-refractivity contribution in [2.24, 2.45) is 0 Å². The molecule has 0 saturated carbocycles. The Labute approximate surface area is 152 Å². The predicted octanol–water partition coefficient (Wildman–Crippen LogP) is 5.01. The van der Waals surface area contributed by atoms with E-state index in [1.165, 1.54) is 11.3 Å². The number of ether oxygens (including phenoxy) is 1. The Bertz CT molecular complexity index is 999. The number of amides is 2. The van der Waals surface area contributed by atoms with Crippen LogP contribution in [-0.2, 0) is 0 Å². The third kappa shape index (κ3) is 3.09. The molecule has 2 heterocycles. The first-order chi connectivity index (χ1) is 12.1. The molecule has 2 N–H and O–H groups in total. The number of benzene rings is 2. The van der Waals surface area contributed by atoms with Gasteiger partial charge in [0.25, 0.3) is 11.8 Å². The number of rotatable bonds is 2. The molecule has 25 heavy (non-hydrogen) atoms. The molecule has 0 bridgehead atoms. The first kappa shape index (κ1) is 15.7. The lowest BCUT2D eigenvalue weighted by molar-refractivity contribution is 0.101. The van der Waals surface area contributed by atoms with Crippen LogP contribution in [0.1, 0.15) is 20.0 Å². The topological polar surface area (TPSA) is 67.4 Å². The average Bonchev–Trinajstić information content (AvgIpc) is 2.98. The Morgan fingerprint density at radius 1 is 1.08 bits per heavy atom. The average molecular weight is 371 g/mol. The molecule has 2 amide bonds. The molecular weight excluding hydrogens is 360 g/mol. The number of anilines is 2. The summed E-state index contributed by atoms with van der Waals surface area (Å²) in [5.74, 6) is 0.421. The summed E-state index contributed by atoms with van der Waals surface area (Å²) in [5.41, 5.74) is 1.44. The maximum absolute atomic E-state index is 12.5. The molecule has 0 saturated heterocycles. The molecule has 1 aromatic heterocycles. The summed E-state index contributed by atoms with van der Waals surface area (Å²) in [6, 6.07) is 15.4. The Kier molecular flexibility index (Phi) is 3.91. The predicted molar refractivity (Wildman–Crippen MR) is 98.2 cm³/mol. The van der Waals surface area contributed by atoms with Crippen molar-refractivity contribution in [2.45, 2.75) is 0 Å². The summed E-state index contributed by atoms with van der Waals surface area (Å²) in [4.78, 5) is 25.2. The largest absolute Gasteiger partial charge is 0.454 e. The van der Waals surface area contributed by atoms with Crippen LogP contribution in [0.25, 0.3) is 0 Å². The highest BCUT2D eigenvalue weighted by Gasteiger charge is 2.21. The highest BCUT2D eigenvalue weighted by molar-refractivity contribution is 7.18. The second-order valence-corrected chi connectivity index (χ2v) is 7.04. The molecule has 4 rings (SSSR count). The summed E-state index contributed by atoms with van der Waals surface area (Å²) >= 11 is 7.04. The monoisotopic (exact) mass is 370 g/mol. The van der Waals surface area contributed by atoms with Gasteiger partial charge in [-0.1, -0.05) is 23.7 Å². The number of hydrogen-bond donors (Lipinski definition) is 2. The van der Waals surface area contributed by atoms with Crippen LogP contribution >= 0.6 is 22.9 Å². The van der Waals surface area contributed by atoms with Crippen molar-refractivity contribution < 1.29 is 14.3 Å². The van der Waals surface area contributed by atoms with Crippen LogP contribution in [0.3, 0.4) is 0 Å². The van der Waals surface area contributed by atoms with E-state index in [9.17, 15) is 9.59 Å². The van der Waals surface area contributed by atoms with Gasteiger partial charge in [0.1, 0.15) is 5.75 Å². The minimum atomic E-state index is -0.296. The molecule has 124 valence electrons. The maximum atomic E-state index is 12.5. The highest BCUT2D eigenvalue weighted by atomic mass is 35.5. The Balaban J connectivity index is 1.63. The highest BCUT2D eigenvalue weighted by Crippen LogP contribution is 2.36. The fourth-order valence-corrected chi connectivity index (χ4v) is 3.41. The molecule has 5 nitrogen and oxygen atoms in total. The van der Waals surface area contributed by atoms with Crippen molar-refractivity contribution in [3.63, 3.8) is 0 Å². The van der Waals surface area contributed by atoms with Crippen LogP contribution < -0.4 is 15.4 Å². The summed E-state index contributed by atoms with van der Waals surface area (Å²) in [6.45, 7) is 0. The van der Waals surface area contributed by atoms with Gasteiger partial charge in [-0.2, -0.15) is 0 Å². The van der Waals surface area contributed by atoms with Crippen LogP contribution in [-0.4, -0.2) is 11.8 Å². The van der Waals surface area contributed by atoms with E-state index in [0.717, 1.165) is 0 Å². The number of thiophene rings is 1. The maximum Gasteiger partial charge on any atom is 0.265 e. The normalized spacial score (nSPS) is 12.3. The number of para-hydroxylation sites is 2. The fourth-order valence-electron chi connectivity index (χ4n) is 2.47. The van der Waals surface area contributed by atoms with Gasteiger partial charge in [0.15, 0.2) is 5.75 Å². The number of nitrogens with one attached hydrogen (secondary N) is 2. The Morgan fingerprint density at radius 3 is 2.72 bits per heavy atom. The summed E-state index contributed by atoms with van der Waals surface area (Å²) < 4.78 is 6.35. The van der Waals surface area contributed by atoms with Gasteiger partial charge >= 0.3 is 0 Å². The second kappa shape index (κ2) is 6.23. The Morgan fingerprint density at radius 2 is 1.92 bits per heavy atom. The van der Waals surface area contributed by atoms with E-state index in [2.05, 4.69) is 10.6 Å². The zero-order valence-electron chi connectivity index (χ0n) is 12.7. The summed E-state index contributed by atoms with van der Waals surface area (Å²) in [6.07, 6.45) is 0. The lowest BCUT2D eigenvalue weighted by Gasteiger charge is -2.09. The van der Waals surface area contributed by atoms with Crippen LogP contribution in [0.4, 0.5) is 11.4 Å². The van der Waals surface area contributed by atoms with Crippen molar-refractivity contribution in [3.05, 3.63) is 69.4 Å². The molecule has 0 atom stereocenters. The van der Waals surface area contributed by atoms with Gasteiger partial charge in [-0.15, -0.1) is 11.3 Å². The number of hydrogen-bond acceptors (Lipinski definition) is 4. The molecule has 1 aliphatic rings. The van der Waals surface area contributed by atoms with Gasteiger partial charge in [0, 0.05) is 5.69 Å². The van der Waals surface area contributed by atoms with Gasteiger partial charge < -0.3 is 15.4 Å². The molecule has 1 aliphatic heterocycles. The minimum Gasteiger partial charge on any atom is -0.454 e. The van der Waals surface area contributed by atoms with E-state index in [1.54, 1.807) is 42.5 Å². The van der Waals surface area contributed by atoms with Gasteiger partial charge in [-0.25, -0.2) is 0 Å². The summed E-state index contributed by atoms with van der Waals surface area (Å²) in [5, 5.41) is 5.56. The first-order valence-electron chi connectivity index (χ1n) is 7.39. The SMILES string of the molecule is O=C(Nc1ccc2c(c1)C(=O)Nc1ccccc1O2)c1ccc(Cl)s1. The standard InChI is InChI=1S/C18H11ClN2O3S/c19-16-8-7-15(25-16)18(23)20-10-5-6-13-11(9-10)17(22)21-12-3-1-2-4-14(12)24-13/h1-9H,(H,20,23)(H,21,22). The Hall–Kier alpha value is -2.83. The lowest BCUT2D eigenvalue weighted by Crippen LogP contribution is -2.13. The number of carbonyl (C=O) groups excluding carboxylic acids is 2. The van der Waals surface area contributed by atoms with Crippen molar-refractivity contribution in [2.75, 3.05) is 10.6 Å². The number of carbonyl (C=O) groups is 2. The van der Waals surface area contributed by atoms with Crippen LogP contribution in [0.2, 0.25) is 4.34 Å². The lowest BCUT2D eigenvalue weighted by atomic mass is 10.1. The smallest absolute Gasteiger partial charge is 0.265 e. The van der Waals surface area contributed by atoms with Gasteiger partial charge in [0.2, 0.25) is 0 Å². The molecule has 0 aliphatic carbocycles. The molecule has 2 aromatic carbocycles. The van der Waals surface area contributed by atoms with E-state index in [1.807, 2.05) is 12.1 Å². The first-order valence-corrected chi connectivity index (χ1v) is 8.58. The fraction of sp³-hybridized carbons (Fsp3) is 0. The van der Waals surface area contributed by atoms with E-state index in [-0.39, 0.29) is 11.8 Å². The van der Waals surface area contributed by atoms with Crippen molar-refractivity contribution in [3.8, 4) is 11.5 Å². The van der Waals surface area contributed by atoms with Crippen LogP contribution in [0.15, 0.2) is 54.6 Å². The van der Waals surface area contributed by atoms with Gasteiger partial charge in [0.05, 0.1) is 20.5 Å². The second-order valence-electron chi connectivity index (χ2n) is 5.32. The van der Waals surface area contributed by atoms with E-state index in [4.69, 9.17) is 16.3 Å². The molecule has 0 radical (unpaired) electrons. The molecular formula is C18H11ClN2O3S. The molecule has 0 fully saturated rings. The molecule has 3 aromatic rings. The quantitative estimate of drug-likeness (QED) is 0.666. The van der Waals surface area contributed by atoms with Gasteiger partial charge in [-0.05, 0) is 42.5 Å². The number of halogens is 1. The van der Waals surface area contributed by atoms with E-state index >= 15 is 0 Å². The molecule has 0 unspecified atom stereocenters. The van der Waals surface area contributed by atoms with Crippen molar-refractivity contribution in [1.82, 2.24) is 0 Å². The molecule has 7 heteroatoms. The van der Waals surface area contributed by atoms with E-state index < -0.39 is 0 Å². The summed E-state index contributed by atoms with van der Waals surface area (Å²) in [7, 11) is 0. The third-order valence-corrected chi connectivity index (χ3v) is 4.86. The van der Waals surface area contributed by atoms with Crippen molar-refractivity contribution in [1.29, 1.82) is 0 Å². The van der Waals surface area contributed by atoms with Crippen LogP contribution in [0, 0.1) is 0 Å².